The van der Waals surface area contributed by atoms with Gasteiger partial charge < -0.3 is 5.32 Å². The first-order valence-electron chi connectivity index (χ1n) is 8.99. The van der Waals surface area contributed by atoms with E-state index in [-0.39, 0.29) is 0 Å². The molecule has 1 atom stereocenters. The summed E-state index contributed by atoms with van der Waals surface area (Å²) in [5, 5.41) is 4.11. The number of benzene rings is 1. The van der Waals surface area contributed by atoms with Gasteiger partial charge in [-0.05, 0) is 54.8 Å². The highest BCUT2D eigenvalue weighted by atomic mass is 19.1. The molecule has 0 spiro atoms. The van der Waals surface area contributed by atoms with Gasteiger partial charge in [0.2, 0.25) is 0 Å². The first-order chi connectivity index (χ1) is 13.1. The highest BCUT2D eigenvalue weighted by molar-refractivity contribution is 5.96. The summed E-state index contributed by atoms with van der Waals surface area (Å²) in [6.45, 7) is 4.00. The van der Waals surface area contributed by atoms with E-state index >= 15 is 0 Å². The molecule has 4 rings (SSSR count). The van der Waals surface area contributed by atoms with E-state index in [9.17, 15) is 4.39 Å². The molecule has 5 heteroatoms. The van der Waals surface area contributed by atoms with E-state index in [1.54, 1.807) is 18.5 Å². The number of hydrogen-bond donors (Lipinski definition) is 1. The van der Waals surface area contributed by atoms with Gasteiger partial charge in [-0.3, -0.25) is 4.98 Å². The lowest BCUT2D eigenvalue weighted by molar-refractivity contribution is 0.396. The van der Waals surface area contributed by atoms with Crippen LogP contribution in [-0.2, 0) is 0 Å². The van der Waals surface area contributed by atoms with E-state index in [0.717, 1.165) is 44.6 Å². The lowest BCUT2D eigenvalue weighted by Crippen LogP contribution is -2.05. The average molecular weight is 360 g/mol. The number of alkyl halides is 1. The van der Waals surface area contributed by atoms with Gasteiger partial charge >= 0.3 is 0 Å². The Hall–Kier alpha value is -3.08. The molecule has 1 aromatic carbocycles. The zero-order valence-corrected chi connectivity index (χ0v) is 15.6. The Morgan fingerprint density at radius 2 is 2.00 bits per heavy atom. The fourth-order valence-corrected chi connectivity index (χ4v) is 3.56. The van der Waals surface area contributed by atoms with Gasteiger partial charge in [-0.1, -0.05) is 17.7 Å². The summed E-state index contributed by atoms with van der Waals surface area (Å²) in [5.41, 5.74) is 5.70. The number of allylic oxidation sites excluding steroid dienone is 4. The van der Waals surface area contributed by atoms with Crippen molar-refractivity contribution in [3.8, 4) is 11.4 Å². The number of halogens is 1. The third-order valence-corrected chi connectivity index (χ3v) is 4.87. The predicted octanol–water partition coefficient (Wildman–Crippen LogP) is 5.11. The smallest absolute Gasteiger partial charge is 0.163 e. The van der Waals surface area contributed by atoms with Gasteiger partial charge in [0.25, 0.3) is 0 Å². The summed E-state index contributed by atoms with van der Waals surface area (Å²) in [6, 6.07) is 7.84. The van der Waals surface area contributed by atoms with Crippen LogP contribution in [0.25, 0.3) is 27.9 Å². The number of pyridine rings is 1. The standard InChI is InChI=1S/C22H21FN4/c1-13-9-16(11-17(23)10-13)18-6-7-19-20(14(18)2)26-21(27-22(19)24-3)15-5-4-8-25-12-15/h4-9,11-12,17H,10H2,1-3H3,(H,24,26,27). The van der Waals surface area contributed by atoms with E-state index in [0.29, 0.717) is 12.2 Å². The van der Waals surface area contributed by atoms with Crippen molar-refractivity contribution in [3.63, 3.8) is 0 Å². The molecule has 0 fully saturated rings. The zero-order chi connectivity index (χ0) is 19.0. The molecule has 0 radical (unpaired) electrons. The van der Waals surface area contributed by atoms with Gasteiger partial charge in [0.15, 0.2) is 5.82 Å². The minimum Gasteiger partial charge on any atom is -0.373 e. The molecule has 1 unspecified atom stereocenters. The monoisotopic (exact) mass is 360 g/mol. The van der Waals surface area contributed by atoms with Crippen molar-refractivity contribution in [2.75, 3.05) is 12.4 Å². The number of nitrogens with zero attached hydrogens (tertiary/aromatic N) is 3. The summed E-state index contributed by atoms with van der Waals surface area (Å²) in [4.78, 5) is 13.6. The van der Waals surface area contributed by atoms with Crippen LogP contribution in [-0.4, -0.2) is 28.2 Å². The second-order valence-electron chi connectivity index (χ2n) is 6.85. The maximum atomic E-state index is 14.1. The normalized spacial score (nSPS) is 16.8. The van der Waals surface area contributed by atoms with E-state index in [4.69, 9.17) is 4.98 Å². The summed E-state index contributed by atoms with van der Waals surface area (Å²) in [7, 11) is 1.85. The van der Waals surface area contributed by atoms with Crippen molar-refractivity contribution in [1.29, 1.82) is 0 Å². The first kappa shape index (κ1) is 17.3. The lowest BCUT2D eigenvalue weighted by atomic mass is 9.91. The number of hydrogen-bond acceptors (Lipinski definition) is 4. The van der Waals surface area contributed by atoms with Crippen molar-refractivity contribution < 1.29 is 4.39 Å². The van der Waals surface area contributed by atoms with E-state index in [1.807, 2.05) is 45.2 Å². The van der Waals surface area contributed by atoms with Crippen LogP contribution in [0.3, 0.4) is 0 Å². The van der Waals surface area contributed by atoms with Crippen LogP contribution in [0.1, 0.15) is 24.5 Å². The van der Waals surface area contributed by atoms with Crippen LogP contribution < -0.4 is 5.32 Å². The highest BCUT2D eigenvalue weighted by Gasteiger charge is 2.17. The minimum atomic E-state index is -0.940. The Bertz CT molecular complexity index is 1070. The first-order valence-corrected chi connectivity index (χ1v) is 8.99. The maximum absolute atomic E-state index is 14.1. The molecule has 2 aromatic heterocycles. The van der Waals surface area contributed by atoms with Crippen LogP contribution in [0, 0.1) is 6.92 Å². The predicted molar refractivity (Wildman–Crippen MR) is 108 cm³/mol. The second kappa shape index (κ2) is 6.91. The number of aromatic nitrogens is 3. The summed E-state index contributed by atoms with van der Waals surface area (Å²) in [5.74, 6) is 1.38. The molecule has 1 N–H and O–H groups in total. The molecule has 1 aliphatic rings. The Morgan fingerprint density at radius 1 is 1.15 bits per heavy atom. The van der Waals surface area contributed by atoms with Crippen LogP contribution >= 0.6 is 0 Å². The lowest BCUT2D eigenvalue weighted by Gasteiger charge is -2.18. The van der Waals surface area contributed by atoms with Gasteiger partial charge in [0.1, 0.15) is 12.0 Å². The number of anilines is 1. The number of rotatable bonds is 3. The number of fused-ring (bicyclic) bond motifs is 1. The van der Waals surface area contributed by atoms with E-state index in [1.165, 1.54) is 0 Å². The quantitative estimate of drug-likeness (QED) is 0.705. The van der Waals surface area contributed by atoms with Crippen molar-refractivity contribution in [2.45, 2.75) is 26.4 Å². The molecule has 136 valence electrons. The largest absolute Gasteiger partial charge is 0.373 e. The van der Waals surface area contributed by atoms with Gasteiger partial charge in [-0.25, -0.2) is 14.4 Å². The molecule has 0 saturated carbocycles. The Balaban J connectivity index is 1.94. The SMILES string of the molecule is CNc1nc(-c2cccnc2)nc2c(C)c(C3=CC(F)CC(C)=C3)ccc12. The number of nitrogens with one attached hydrogen (secondary N) is 1. The molecule has 0 saturated heterocycles. The summed E-state index contributed by atoms with van der Waals surface area (Å²) in [6.07, 6.45) is 6.76. The van der Waals surface area contributed by atoms with Gasteiger partial charge in [-0.2, -0.15) is 0 Å². The zero-order valence-electron chi connectivity index (χ0n) is 15.6. The summed E-state index contributed by atoms with van der Waals surface area (Å²) >= 11 is 0. The molecular formula is C22H21FN4. The Kier molecular flexibility index (Phi) is 4.44. The highest BCUT2D eigenvalue weighted by Crippen LogP contribution is 2.34. The second-order valence-corrected chi connectivity index (χ2v) is 6.85. The molecular weight excluding hydrogens is 339 g/mol. The fourth-order valence-electron chi connectivity index (χ4n) is 3.56. The molecule has 27 heavy (non-hydrogen) atoms. The van der Waals surface area contributed by atoms with Crippen molar-refractivity contribution >= 4 is 22.3 Å². The van der Waals surface area contributed by atoms with E-state index < -0.39 is 6.17 Å². The van der Waals surface area contributed by atoms with Crippen LogP contribution in [0.4, 0.5) is 10.2 Å². The van der Waals surface area contributed by atoms with Crippen LogP contribution in [0.15, 0.2) is 54.4 Å². The molecule has 3 aromatic rings. The van der Waals surface area contributed by atoms with Crippen molar-refractivity contribution in [2.24, 2.45) is 0 Å². The van der Waals surface area contributed by atoms with Crippen molar-refractivity contribution in [3.05, 3.63) is 65.5 Å². The molecule has 0 bridgehead atoms. The summed E-state index contributed by atoms with van der Waals surface area (Å²) < 4.78 is 14.1. The third kappa shape index (κ3) is 3.21. The molecule has 2 heterocycles. The topological polar surface area (TPSA) is 50.7 Å². The third-order valence-electron chi connectivity index (χ3n) is 4.87. The maximum Gasteiger partial charge on any atom is 0.163 e. The number of aryl methyl sites for hydroxylation is 1. The van der Waals surface area contributed by atoms with Crippen molar-refractivity contribution in [1.82, 2.24) is 15.0 Å². The average Bonchev–Trinajstić information content (AvgIpc) is 2.67. The van der Waals surface area contributed by atoms with Crippen LogP contribution in [0.5, 0.6) is 0 Å². The molecule has 4 nitrogen and oxygen atoms in total. The molecule has 0 amide bonds. The Morgan fingerprint density at radius 3 is 2.70 bits per heavy atom. The Labute approximate surface area is 157 Å². The van der Waals surface area contributed by atoms with Gasteiger partial charge in [0, 0.05) is 36.8 Å². The van der Waals surface area contributed by atoms with E-state index in [2.05, 4.69) is 21.4 Å². The fraction of sp³-hybridized carbons (Fsp3) is 0.227. The minimum absolute atomic E-state index is 0.466. The van der Waals surface area contributed by atoms with Gasteiger partial charge in [0.05, 0.1) is 5.52 Å². The van der Waals surface area contributed by atoms with Gasteiger partial charge in [-0.15, -0.1) is 0 Å². The van der Waals surface area contributed by atoms with Crippen LogP contribution in [0.2, 0.25) is 0 Å². The molecule has 0 aliphatic heterocycles. The molecule has 1 aliphatic carbocycles.